The van der Waals surface area contributed by atoms with Crippen LogP contribution in [-0.2, 0) is 76.0 Å². The molecule has 0 spiro atoms. The number of rotatable bonds is 53. The van der Waals surface area contributed by atoms with E-state index < -0.39 is 29.7 Å². The molecule has 1 aliphatic carbocycles. The smallest absolute Gasteiger partial charge is 0.264 e. The van der Waals surface area contributed by atoms with Crippen molar-refractivity contribution in [2.45, 2.75) is 78.3 Å². The fourth-order valence-electron chi connectivity index (χ4n) is 11.4. The second-order valence-corrected chi connectivity index (χ2v) is 24.4. The number of ketones is 2. The van der Waals surface area contributed by atoms with Crippen LogP contribution in [0.25, 0.3) is 11.1 Å². The van der Waals surface area contributed by atoms with Crippen LogP contribution in [0.15, 0.2) is 71.5 Å². The minimum absolute atomic E-state index is 0.0552. The number of carbonyl (C=O) groups excluding carboxylic acids is 7. The molecule has 3 aliphatic heterocycles. The first-order valence-corrected chi connectivity index (χ1v) is 34.8. The molecule has 1 unspecified atom stereocenters. The number of imide groups is 2. The number of aromatic nitrogens is 1. The quantitative estimate of drug-likeness (QED) is 0.0212. The van der Waals surface area contributed by atoms with E-state index in [-0.39, 0.29) is 60.3 Å². The van der Waals surface area contributed by atoms with Gasteiger partial charge in [-0.3, -0.25) is 48.7 Å². The van der Waals surface area contributed by atoms with Gasteiger partial charge in [0.1, 0.15) is 11.9 Å². The summed E-state index contributed by atoms with van der Waals surface area (Å²) in [6, 6.07) is 11.8. The van der Waals surface area contributed by atoms with E-state index in [1.165, 1.54) is 6.21 Å². The number of fused-ring (bicyclic) bond motifs is 1. The largest absolute Gasteiger partial charge is 0.382 e. The number of nitrogens with zero attached hydrogens (tertiary/aromatic N) is 4. The standard InChI is InChI=1S/C72H103N9O19/c1-52(2)77-62-49-56(48-59(60(62)50-73)64(82)11-9-57-54(4)46-53(3)47-65(57)83)55-8-12-66(76-51-55)80-20-18-79(19-21-80)17-15-75-67(84)14-22-89-24-26-91-28-30-93-32-34-95-36-38-97-40-42-99-44-45-100-43-41-98-39-37-96-35-33-94-31-29-92-27-25-90-23-16-74-61-7-5-6-58-69(61)72(88)81(71(58)87)63-10-13-68(85)78-70(63)86/h5-8,12,46,48-52,63,73-74,77H,9-11,13-45,47H2,1-4H3,(H,75,84)(H,78,85,86). The van der Waals surface area contributed by atoms with Gasteiger partial charge >= 0.3 is 0 Å². The molecule has 4 aliphatic rings. The van der Waals surface area contributed by atoms with Crippen LogP contribution in [0, 0.1) is 5.41 Å². The Balaban J connectivity index is 0.564. The number of ether oxygens (including phenoxy) is 12. The third-order valence-corrected chi connectivity index (χ3v) is 16.5. The zero-order valence-electron chi connectivity index (χ0n) is 58.6. The summed E-state index contributed by atoms with van der Waals surface area (Å²) in [7, 11) is 0. The first kappa shape index (κ1) is 80.0. The van der Waals surface area contributed by atoms with Gasteiger partial charge in [-0.2, -0.15) is 0 Å². The zero-order valence-corrected chi connectivity index (χ0v) is 58.6. The van der Waals surface area contributed by atoms with Gasteiger partial charge in [0.15, 0.2) is 11.6 Å². The molecule has 7 rings (SSSR count). The van der Waals surface area contributed by atoms with Crippen LogP contribution < -0.4 is 26.2 Å². The van der Waals surface area contributed by atoms with E-state index in [2.05, 4.69) is 31.1 Å². The van der Waals surface area contributed by atoms with Gasteiger partial charge in [0, 0.05) is 118 Å². The van der Waals surface area contributed by atoms with Crippen molar-refractivity contribution >= 4 is 64.5 Å². The molecule has 0 radical (unpaired) electrons. The predicted molar refractivity (Wildman–Crippen MR) is 374 cm³/mol. The highest BCUT2D eigenvalue weighted by atomic mass is 16.6. The number of benzene rings is 2. The van der Waals surface area contributed by atoms with Crippen molar-refractivity contribution in [1.82, 2.24) is 25.4 Å². The van der Waals surface area contributed by atoms with Crippen molar-refractivity contribution in [3.63, 3.8) is 0 Å². The lowest BCUT2D eigenvalue weighted by Crippen LogP contribution is -2.54. The van der Waals surface area contributed by atoms with Crippen LogP contribution in [-0.4, -0.2) is 279 Å². The fourth-order valence-corrected chi connectivity index (χ4v) is 11.4. The highest BCUT2D eigenvalue weighted by molar-refractivity contribution is 6.25. The molecular formula is C72H103N9O19. The highest BCUT2D eigenvalue weighted by Crippen LogP contribution is 2.34. The Labute approximate surface area is 586 Å². The number of piperidine rings is 1. The maximum Gasteiger partial charge on any atom is 0.264 e. The molecule has 5 N–H and O–H groups in total. The topological polar surface area (TPSA) is 325 Å². The van der Waals surface area contributed by atoms with Gasteiger partial charge in [0.25, 0.3) is 11.8 Å². The summed E-state index contributed by atoms with van der Waals surface area (Å²) < 4.78 is 66.7. The van der Waals surface area contributed by atoms with Gasteiger partial charge in [-0.15, -0.1) is 0 Å². The Kier molecular flexibility index (Phi) is 36.5. The number of nitrogens with one attached hydrogen (secondary N) is 5. The van der Waals surface area contributed by atoms with Gasteiger partial charge in [0.05, 0.1) is 170 Å². The summed E-state index contributed by atoms with van der Waals surface area (Å²) in [5.74, 6) is -1.43. The molecule has 4 heterocycles. The first-order chi connectivity index (χ1) is 48.7. The molecule has 0 bridgehead atoms. The highest BCUT2D eigenvalue weighted by Gasteiger charge is 2.45. The average molecular weight is 1400 g/mol. The summed E-state index contributed by atoms with van der Waals surface area (Å²) in [5.41, 5.74) is 6.88. The van der Waals surface area contributed by atoms with Crippen LogP contribution in [0.4, 0.5) is 17.2 Å². The lowest BCUT2D eigenvalue weighted by Gasteiger charge is -2.35. The number of allylic oxidation sites excluding steroid dienone is 4. The fraction of sp³-hybridized carbons (Fsp3) is 0.597. The number of piperazine rings is 1. The number of Topliss-reactive ketones (excluding diaryl/α,β-unsaturated/α-hetero) is 2. The molecule has 28 heteroatoms. The Morgan fingerprint density at radius 3 is 1.67 bits per heavy atom. The Bertz CT molecular complexity index is 3160. The Morgan fingerprint density at radius 2 is 1.17 bits per heavy atom. The third kappa shape index (κ3) is 27.6. The number of hydrogen-bond acceptors (Lipinski definition) is 25. The van der Waals surface area contributed by atoms with E-state index >= 15 is 0 Å². The molecule has 1 aromatic heterocycles. The summed E-state index contributed by atoms with van der Waals surface area (Å²) in [4.78, 5) is 99.6. The van der Waals surface area contributed by atoms with Crippen LogP contribution >= 0.6 is 0 Å². The average Bonchev–Trinajstić information content (AvgIpc) is 1.60. The first-order valence-electron chi connectivity index (χ1n) is 34.8. The second-order valence-electron chi connectivity index (χ2n) is 24.4. The Morgan fingerprint density at radius 1 is 0.630 bits per heavy atom. The van der Waals surface area contributed by atoms with Crippen LogP contribution in [0.1, 0.15) is 103 Å². The van der Waals surface area contributed by atoms with Crippen molar-refractivity contribution in [2.24, 2.45) is 0 Å². The van der Waals surface area contributed by atoms with E-state index in [1.54, 1.807) is 18.2 Å². The lowest BCUT2D eigenvalue weighted by atomic mass is 9.88. The third-order valence-electron chi connectivity index (χ3n) is 16.5. The SMILES string of the molecule is CC1=CC(C)=C(CCC(=O)c2cc(-c3ccc(N4CCN(CCNC(=O)CCOCCOCCOCCOCCOCCOCCOCCOCCOCCOCCOCCOCCNc5cccc6c5C(=O)N(C5CCC(=O)NC5=O)C6=O)CC4)nc3)cc(NC(C)C)c2C=N)C(=O)C1. The minimum atomic E-state index is -1.02. The molecule has 1 atom stereocenters. The van der Waals surface area contributed by atoms with E-state index in [1.807, 2.05) is 64.2 Å². The van der Waals surface area contributed by atoms with Gasteiger partial charge in [-0.25, -0.2) is 4.98 Å². The van der Waals surface area contributed by atoms with Crippen LogP contribution in [0.3, 0.4) is 0 Å². The van der Waals surface area contributed by atoms with Crippen molar-refractivity contribution in [1.29, 1.82) is 5.41 Å². The monoisotopic (exact) mass is 1400 g/mol. The van der Waals surface area contributed by atoms with Crippen molar-refractivity contribution in [3.8, 4) is 11.1 Å². The second kappa shape index (κ2) is 45.6. The van der Waals surface area contributed by atoms with Crippen LogP contribution in [0.5, 0.6) is 0 Å². The molecule has 3 aromatic rings. The number of pyridine rings is 1. The van der Waals surface area contributed by atoms with Gasteiger partial charge in [-0.1, -0.05) is 17.7 Å². The zero-order chi connectivity index (χ0) is 71.1. The molecular weight excluding hydrogens is 1290 g/mol. The molecule has 2 saturated heterocycles. The van der Waals surface area contributed by atoms with E-state index in [0.717, 1.165) is 65.7 Å². The maximum absolute atomic E-state index is 13.8. The number of amides is 5. The van der Waals surface area contributed by atoms with Gasteiger partial charge < -0.3 is 83.1 Å². The Hall–Kier alpha value is -7.29. The summed E-state index contributed by atoms with van der Waals surface area (Å²) in [6.07, 6.45) is 6.41. The van der Waals surface area contributed by atoms with E-state index in [0.29, 0.717) is 213 Å². The normalized spacial score (nSPS) is 15.8. The summed E-state index contributed by atoms with van der Waals surface area (Å²) >= 11 is 0. The van der Waals surface area contributed by atoms with E-state index in [4.69, 9.17) is 67.2 Å². The van der Waals surface area contributed by atoms with Crippen LogP contribution in [0.2, 0.25) is 0 Å². The summed E-state index contributed by atoms with van der Waals surface area (Å²) in [6.45, 7) is 22.8. The van der Waals surface area contributed by atoms with Crippen molar-refractivity contribution in [2.75, 3.05) is 220 Å². The lowest BCUT2D eigenvalue weighted by molar-refractivity contribution is -0.136. The molecule has 2 aromatic carbocycles. The molecule has 100 heavy (non-hydrogen) atoms. The van der Waals surface area contributed by atoms with Crippen molar-refractivity contribution in [3.05, 3.63) is 93.7 Å². The molecule has 5 amide bonds. The minimum Gasteiger partial charge on any atom is -0.382 e. The van der Waals surface area contributed by atoms with Gasteiger partial charge in [0.2, 0.25) is 17.7 Å². The maximum atomic E-state index is 13.8. The summed E-state index contributed by atoms with van der Waals surface area (Å²) in [5, 5.41) is 20.0. The molecule has 0 saturated carbocycles. The number of anilines is 3. The molecule has 28 nitrogen and oxygen atoms in total. The molecule has 2 fully saturated rings. The predicted octanol–water partition coefficient (Wildman–Crippen LogP) is 5.11. The number of hydrogen-bond donors (Lipinski definition) is 5. The van der Waals surface area contributed by atoms with E-state index in [9.17, 15) is 33.6 Å². The molecule has 550 valence electrons. The number of carbonyl (C=O) groups is 7. The van der Waals surface area contributed by atoms with Gasteiger partial charge in [-0.05, 0) is 93.6 Å². The van der Waals surface area contributed by atoms with Crippen molar-refractivity contribution < 1.29 is 90.4 Å².